The van der Waals surface area contributed by atoms with Crippen LogP contribution in [-0.4, -0.2) is 29.4 Å². The smallest absolute Gasteiger partial charge is 0.275 e. The first-order valence-corrected chi connectivity index (χ1v) is 6.52. The van der Waals surface area contributed by atoms with Crippen LogP contribution in [-0.2, 0) is 0 Å². The Kier molecular flexibility index (Phi) is 4.63. The van der Waals surface area contributed by atoms with Gasteiger partial charge in [-0.25, -0.2) is 5.43 Å². The molecule has 0 unspecified atom stereocenters. The number of phenols is 2. The zero-order chi connectivity index (χ0) is 16.1. The lowest BCUT2D eigenvalue weighted by molar-refractivity contribution is 0.0952. The molecular weight excluding hydrogens is 284 g/mol. The molecule has 0 spiro atoms. The summed E-state index contributed by atoms with van der Waals surface area (Å²) in [5, 5.41) is 23.3. The number of benzene rings is 2. The number of amides is 1. The highest BCUT2D eigenvalue weighted by atomic mass is 16.5. The van der Waals surface area contributed by atoms with Gasteiger partial charge in [-0.3, -0.25) is 4.79 Å². The molecule has 0 radical (unpaired) electrons. The number of phenolic OH excluding ortho intramolecular Hbond substituents is 2. The quantitative estimate of drug-likeness (QED) is 0.596. The number of para-hydroxylation sites is 1. The van der Waals surface area contributed by atoms with Gasteiger partial charge < -0.3 is 14.9 Å². The van der Waals surface area contributed by atoms with Gasteiger partial charge in [-0.2, -0.15) is 5.10 Å². The highest BCUT2D eigenvalue weighted by Crippen LogP contribution is 2.22. The number of hydrogen-bond acceptors (Lipinski definition) is 5. The van der Waals surface area contributed by atoms with Crippen molar-refractivity contribution in [2.45, 2.75) is 6.92 Å². The predicted octanol–water partition coefficient (Wildman–Crippen LogP) is 2.18. The standard InChI is InChI=1S/C16H16N2O4/c1-10-4-3-5-13(15(10)20)16(21)18-17-9-11-8-12(22-2)6-7-14(11)19/h3-9,19-20H,1-2H3,(H,18,21)/b17-9-. The maximum Gasteiger partial charge on any atom is 0.275 e. The van der Waals surface area contributed by atoms with Crippen LogP contribution in [0.2, 0.25) is 0 Å². The Bertz CT molecular complexity index is 726. The number of nitrogens with zero attached hydrogens (tertiary/aromatic N) is 1. The lowest BCUT2D eigenvalue weighted by Crippen LogP contribution is -2.17. The molecule has 0 aliphatic carbocycles. The average molecular weight is 300 g/mol. The summed E-state index contributed by atoms with van der Waals surface area (Å²) in [5.41, 5.74) is 3.43. The normalized spacial score (nSPS) is 10.6. The molecule has 6 heteroatoms. The number of ether oxygens (including phenoxy) is 1. The number of methoxy groups -OCH3 is 1. The van der Waals surface area contributed by atoms with Crippen LogP contribution in [0.25, 0.3) is 0 Å². The van der Waals surface area contributed by atoms with Crippen LogP contribution in [0.5, 0.6) is 17.2 Å². The Morgan fingerprint density at radius 2 is 2.05 bits per heavy atom. The molecule has 22 heavy (non-hydrogen) atoms. The second-order valence-electron chi connectivity index (χ2n) is 4.59. The first-order chi connectivity index (χ1) is 10.5. The fourth-order valence-corrected chi connectivity index (χ4v) is 1.83. The van der Waals surface area contributed by atoms with Gasteiger partial charge >= 0.3 is 0 Å². The number of aryl methyl sites for hydroxylation is 1. The van der Waals surface area contributed by atoms with Crippen LogP contribution in [0.1, 0.15) is 21.5 Å². The minimum Gasteiger partial charge on any atom is -0.507 e. The maximum atomic E-state index is 11.9. The molecule has 6 nitrogen and oxygen atoms in total. The minimum atomic E-state index is -0.542. The van der Waals surface area contributed by atoms with Crippen LogP contribution < -0.4 is 10.2 Å². The number of rotatable bonds is 4. The average Bonchev–Trinajstić information content (AvgIpc) is 2.51. The molecule has 114 valence electrons. The predicted molar refractivity (Wildman–Crippen MR) is 82.6 cm³/mol. The number of carbonyl (C=O) groups is 1. The van der Waals surface area contributed by atoms with Crippen molar-refractivity contribution in [2.24, 2.45) is 5.10 Å². The van der Waals surface area contributed by atoms with Gasteiger partial charge in [0, 0.05) is 5.56 Å². The topological polar surface area (TPSA) is 91.2 Å². The van der Waals surface area contributed by atoms with Crippen molar-refractivity contribution >= 4 is 12.1 Å². The fraction of sp³-hybridized carbons (Fsp3) is 0.125. The summed E-state index contributed by atoms with van der Waals surface area (Å²) in [6, 6.07) is 9.51. The Balaban J connectivity index is 2.12. The summed E-state index contributed by atoms with van der Waals surface area (Å²) in [4.78, 5) is 11.9. The number of hydrazone groups is 1. The Labute approximate surface area is 127 Å². The first kappa shape index (κ1) is 15.4. The number of hydrogen-bond donors (Lipinski definition) is 3. The number of aromatic hydroxyl groups is 2. The highest BCUT2D eigenvalue weighted by Gasteiger charge is 2.11. The van der Waals surface area contributed by atoms with Crippen molar-refractivity contribution < 1.29 is 19.7 Å². The summed E-state index contributed by atoms with van der Waals surface area (Å²) in [5.74, 6) is -0.0571. The van der Waals surface area contributed by atoms with Crippen molar-refractivity contribution in [2.75, 3.05) is 7.11 Å². The minimum absolute atomic E-state index is 0.0113. The van der Waals surface area contributed by atoms with Gasteiger partial charge in [0.1, 0.15) is 17.2 Å². The molecule has 0 saturated carbocycles. The molecule has 0 bridgehead atoms. The van der Waals surface area contributed by atoms with E-state index >= 15 is 0 Å². The molecule has 2 aromatic carbocycles. The van der Waals surface area contributed by atoms with Gasteiger partial charge in [0.2, 0.25) is 0 Å². The van der Waals surface area contributed by atoms with Gasteiger partial charge in [-0.15, -0.1) is 0 Å². The molecule has 2 rings (SSSR count). The van der Waals surface area contributed by atoms with Crippen LogP contribution >= 0.6 is 0 Å². The van der Waals surface area contributed by atoms with Crippen molar-refractivity contribution in [3.05, 3.63) is 53.1 Å². The molecular formula is C16H16N2O4. The van der Waals surface area contributed by atoms with Gasteiger partial charge in [0.05, 0.1) is 18.9 Å². The van der Waals surface area contributed by atoms with Crippen molar-refractivity contribution in [3.8, 4) is 17.2 Å². The monoisotopic (exact) mass is 300 g/mol. The van der Waals surface area contributed by atoms with E-state index in [4.69, 9.17) is 4.74 Å². The molecule has 2 aromatic rings. The van der Waals surface area contributed by atoms with E-state index in [0.29, 0.717) is 16.9 Å². The Morgan fingerprint density at radius 1 is 1.27 bits per heavy atom. The van der Waals surface area contributed by atoms with E-state index in [9.17, 15) is 15.0 Å². The molecule has 0 aromatic heterocycles. The summed E-state index contributed by atoms with van der Waals surface area (Å²) >= 11 is 0. The van der Waals surface area contributed by atoms with E-state index in [2.05, 4.69) is 10.5 Å². The third-order valence-electron chi connectivity index (χ3n) is 3.09. The summed E-state index contributed by atoms with van der Waals surface area (Å²) < 4.78 is 5.04. The molecule has 0 aliphatic rings. The second kappa shape index (κ2) is 6.62. The molecule has 3 N–H and O–H groups in total. The van der Waals surface area contributed by atoms with Gasteiger partial charge in [-0.05, 0) is 36.8 Å². The second-order valence-corrected chi connectivity index (χ2v) is 4.59. The van der Waals surface area contributed by atoms with E-state index in [-0.39, 0.29) is 17.1 Å². The molecule has 0 aliphatic heterocycles. The SMILES string of the molecule is COc1ccc(O)c(/C=N\NC(=O)c2cccc(C)c2O)c1. The Morgan fingerprint density at radius 3 is 2.77 bits per heavy atom. The van der Waals surface area contributed by atoms with Crippen LogP contribution in [0.15, 0.2) is 41.5 Å². The maximum absolute atomic E-state index is 11.9. The molecule has 1 amide bonds. The summed E-state index contributed by atoms with van der Waals surface area (Å²) in [6.07, 6.45) is 1.29. The van der Waals surface area contributed by atoms with Crippen LogP contribution in [0.4, 0.5) is 0 Å². The van der Waals surface area contributed by atoms with E-state index in [1.807, 2.05) is 0 Å². The molecule has 0 atom stereocenters. The Hall–Kier alpha value is -3.02. The van der Waals surface area contributed by atoms with E-state index in [0.717, 1.165) is 0 Å². The van der Waals surface area contributed by atoms with Crippen molar-refractivity contribution in [1.82, 2.24) is 5.43 Å². The molecule has 0 heterocycles. The lowest BCUT2D eigenvalue weighted by atomic mass is 10.1. The highest BCUT2D eigenvalue weighted by molar-refractivity contribution is 5.97. The van der Waals surface area contributed by atoms with E-state index in [1.54, 1.807) is 31.2 Å². The molecule has 0 fully saturated rings. The summed E-state index contributed by atoms with van der Waals surface area (Å²) in [7, 11) is 1.51. The lowest BCUT2D eigenvalue weighted by Gasteiger charge is -2.05. The summed E-state index contributed by atoms with van der Waals surface area (Å²) in [6.45, 7) is 1.70. The zero-order valence-corrected chi connectivity index (χ0v) is 12.2. The van der Waals surface area contributed by atoms with Gasteiger partial charge in [-0.1, -0.05) is 12.1 Å². The zero-order valence-electron chi connectivity index (χ0n) is 12.2. The third kappa shape index (κ3) is 3.35. The van der Waals surface area contributed by atoms with Crippen LogP contribution in [0.3, 0.4) is 0 Å². The van der Waals surface area contributed by atoms with Crippen molar-refractivity contribution in [3.63, 3.8) is 0 Å². The van der Waals surface area contributed by atoms with E-state index < -0.39 is 5.91 Å². The fourth-order valence-electron chi connectivity index (χ4n) is 1.83. The van der Waals surface area contributed by atoms with Gasteiger partial charge in [0.25, 0.3) is 5.91 Å². The van der Waals surface area contributed by atoms with E-state index in [1.165, 1.54) is 25.5 Å². The largest absolute Gasteiger partial charge is 0.507 e. The first-order valence-electron chi connectivity index (χ1n) is 6.52. The number of carbonyl (C=O) groups excluding carboxylic acids is 1. The van der Waals surface area contributed by atoms with Crippen LogP contribution in [0, 0.1) is 6.92 Å². The molecule has 0 saturated heterocycles. The van der Waals surface area contributed by atoms with Gasteiger partial charge in [0.15, 0.2) is 0 Å². The number of nitrogens with one attached hydrogen (secondary N) is 1. The van der Waals surface area contributed by atoms with Crippen molar-refractivity contribution in [1.29, 1.82) is 0 Å². The third-order valence-corrected chi connectivity index (χ3v) is 3.09.